The summed E-state index contributed by atoms with van der Waals surface area (Å²) in [6.07, 6.45) is 7.72. The van der Waals surface area contributed by atoms with Crippen LogP contribution in [0, 0.1) is 17.0 Å². The third-order valence-corrected chi connectivity index (χ3v) is 10.5. The summed E-state index contributed by atoms with van der Waals surface area (Å²) in [7, 11) is 0. The van der Waals surface area contributed by atoms with E-state index in [4.69, 9.17) is 46.6 Å². The standard InChI is InChI=1S/C38H37Cl2F2N3O8/c39-29-17-45(48)18-30(40)28(29)16-32(24-6-7-31(53-38(41)42)33(15-24)50-20-22-4-5-22)51-36(46)25-2-1-3-27(14-25)43-35(26-10-13-49-21-26)37(47)52-34-19-44-11-8-23(34)9-12-44/h1-3,6-7,10,13-15,17-18,21-23,32,34-35,38,43H,4-5,8-9,11-12,16,19-20H2/t32-,34-,35?/m0/s1. The van der Waals surface area contributed by atoms with Crippen LogP contribution in [-0.2, 0) is 20.7 Å². The van der Waals surface area contributed by atoms with Crippen molar-refractivity contribution < 1.29 is 46.5 Å². The molecule has 4 aromatic rings. The number of ether oxygens (including phenoxy) is 4. The first kappa shape index (κ1) is 36.8. The largest absolute Gasteiger partial charge is 0.619 e. The molecule has 53 heavy (non-hydrogen) atoms. The molecule has 280 valence electrons. The zero-order chi connectivity index (χ0) is 37.1. The molecule has 3 saturated heterocycles. The SMILES string of the molecule is O=C(O[C@@H](Cc1c(Cl)c[n+]([O-])cc1Cl)c1ccc(OC(F)F)c(OCC2CC2)c1)c1cccc(NC(C(=O)O[C@H]2CN3CCC2CC3)c2ccoc2)c1. The van der Waals surface area contributed by atoms with Gasteiger partial charge in [-0.1, -0.05) is 35.3 Å². The summed E-state index contributed by atoms with van der Waals surface area (Å²) in [5.74, 6) is -0.702. The smallest absolute Gasteiger partial charge is 0.387 e. The lowest BCUT2D eigenvalue weighted by atomic mass is 9.86. The fourth-order valence-corrected chi connectivity index (χ4v) is 7.34. The lowest BCUT2D eigenvalue weighted by Gasteiger charge is -2.44. The minimum atomic E-state index is -3.09. The number of carbonyl (C=O) groups is 2. The second-order valence-corrected chi connectivity index (χ2v) is 14.4. The van der Waals surface area contributed by atoms with Crippen LogP contribution in [0.5, 0.6) is 11.5 Å². The minimum absolute atomic E-state index is 0.0398. The number of hydrogen-bond donors (Lipinski definition) is 1. The van der Waals surface area contributed by atoms with E-state index in [0.29, 0.717) is 52.1 Å². The summed E-state index contributed by atoms with van der Waals surface area (Å²) in [5, 5.41) is 15.2. The first-order chi connectivity index (χ1) is 25.6. The number of hydrogen-bond acceptors (Lipinski definition) is 10. The second kappa shape index (κ2) is 16.2. The minimum Gasteiger partial charge on any atom is -0.619 e. The Labute approximate surface area is 314 Å². The van der Waals surface area contributed by atoms with Gasteiger partial charge in [0.2, 0.25) is 0 Å². The first-order valence-electron chi connectivity index (χ1n) is 17.4. The highest BCUT2D eigenvalue weighted by Crippen LogP contribution is 2.38. The molecule has 11 nitrogen and oxygen atoms in total. The van der Waals surface area contributed by atoms with Gasteiger partial charge in [-0.25, -0.2) is 9.59 Å². The van der Waals surface area contributed by atoms with Crippen LogP contribution in [0.1, 0.15) is 64.9 Å². The van der Waals surface area contributed by atoms with Gasteiger partial charge in [-0.15, -0.1) is 0 Å². The third kappa shape index (κ3) is 9.14. The predicted molar refractivity (Wildman–Crippen MR) is 189 cm³/mol. The number of pyridine rings is 1. The second-order valence-electron chi connectivity index (χ2n) is 13.6. The van der Waals surface area contributed by atoms with Crippen LogP contribution < -0.4 is 19.5 Å². The zero-order valence-corrected chi connectivity index (χ0v) is 29.9. The summed E-state index contributed by atoms with van der Waals surface area (Å²) < 4.78 is 55.0. The molecule has 2 bridgehead atoms. The number of halogens is 4. The molecule has 3 atom stereocenters. The number of aromatic nitrogens is 1. The normalized spacial score (nSPS) is 20.4. The molecule has 0 spiro atoms. The molecule has 1 unspecified atom stereocenters. The molecule has 5 heterocycles. The molecule has 0 amide bonds. The molecule has 8 rings (SSSR count). The Balaban J connectivity index is 1.13. The quantitative estimate of drug-likeness (QED) is 0.0736. The van der Waals surface area contributed by atoms with E-state index in [1.807, 2.05) is 0 Å². The van der Waals surface area contributed by atoms with Gasteiger partial charge in [0.25, 0.3) is 0 Å². The molecular formula is C38H37Cl2F2N3O8. The van der Waals surface area contributed by atoms with Gasteiger partial charge in [0.1, 0.15) is 22.3 Å². The number of alkyl halides is 2. The number of fused-ring (bicyclic) bond motifs is 3. The van der Waals surface area contributed by atoms with Gasteiger partial charge in [-0.3, -0.25) is 4.90 Å². The van der Waals surface area contributed by atoms with Crippen LogP contribution in [0.2, 0.25) is 10.0 Å². The molecule has 2 aromatic heterocycles. The zero-order valence-electron chi connectivity index (χ0n) is 28.4. The maximum atomic E-state index is 13.9. The monoisotopic (exact) mass is 771 g/mol. The van der Waals surface area contributed by atoms with E-state index in [1.54, 1.807) is 30.3 Å². The Morgan fingerprint density at radius 3 is 2.43 bits per heavy atom. The summed E-state index contributed by atoms with van der Waals surface area (Å²) >= 11 is 12.8. The highest BCUT2D eigenvalue weighted by molar-refractivity contribution is 6.35. The van der Waals surface area contributed by atoms with Gasteiger partial charge < -0.3 is 33.9 Å². The average molecular weight is 773 g/mol. The van der Waals surface area contributed by atoms with Crippen LogP contribution in [0.25, 0.3) is 0 Å². The number of piperidine rings is 3. The average Bonchev–Trinajstić information content (AvgIpc) is 3.81. The Hall–Kier alpha value is -4.59. The number of nitrogens with zero attached hydrogens (tertiary/aromatic N) is 2. The van der Waals surface area contributed by atoms with E-state index in [0.717, 1.165) is 51.2 Å². The van der Waals surface area contributed by atoms with E-state index in [-0.39, 0.29) is 39.6 Å². The highest BCUT2D eigenvalue weighted by atomic mass is 35.5. The lowest BCUT2D eigenvalue weighted by molar-refractivity contribution is -0.605. The van der Waals surface area contributed by atoms with E-state index in [2.05, 4.69) is 10.2 Å². The summed E-state index contributed by atoms with van der Waals surface area (Å²) in [4.78, 5) is 29.8. The number of rotatable bonds is 15. The van der Waals surface area contributed by atoms with Crippen molar-refractivity contribution in [3.05, 3.63) is 111 Å². The van der Waals surface area contributed by atoms with Crippen molar-refractivity contribution in [1.29, 1.82) is 0 Å². The molecule has 1 saturated carbocycles. The topological polar surface area (TPSA) is 126 Å². The fourth-order valence-electron chi connectivity index (χ4n) is 6.74. The molecular weight excluding hydrogens is 735 g/mol. The van der Waals surface area contributed by atoms with E-state index in [1.165, 1.54) is 30.7 Å². The Bertz CT molecular complexity index is 1900. The van der Waals surface area contributed by atoms with Crippen molar-refractivity contribution in [1.82, 2.24) is 4.90 Å². The van der Waals surface area contributed by atoms with Gasteiger partial charge in [0.05, 0.1) is 24.7 Å². The Kier molecular flexibility index (Phi) is 11.2. The Morgan fingerprint density at radius 1 is 1.00 bits per heavy atom. The molecule has 15 heteroatoms. The molecule has 4 fully saturated rings. The summed E-state index contributed by atoms with van der Waals surface area (Å²) in [6.45, 7) is -0.0743. The molecule has 0 radical (unpaired) electrons. The van der Waals surface area contributed by atoms with E-state index >= 15 is 0 Å². The number of carbonyl (C=O) groups excluding carboxylic acids is 2. The van der Waals surface area contributed by atoms with E-state index < -0.39 is 30.7 Å². The van der Waals surface area contributed by atoms with Crippen molar-refractivity contribution in [3.8, 4) is 11.5 Å². The van der Waals surface area contributed by atoms with Crippen molar-refractivity contribution in [2.24, 2.45) is 11.8 Å². The maximum absolute atomic E-state index is 13.9. The predicted octanol–water partition coefficient (Wildman–Crippen LogP) is 7.54. The fraction of sp³-hybridized carbons (Fsp3) is 0.395. The van der Waals surface area contributed by atoms with Crippen molar-refractivity contribution in [3.63, 3.8) is 0 Å². The molecule has 4 aliphatic rings. The third-order valence-electron chi connectivity index (χ3n) is 9.81. The number of furan rings is 1. The van der Waals surface area contributed by atoms with Crippen molar-refractivity contribution in [2.45, 2.75) is 57.0 Å². The lowest BCUT2D eigenvalue weighted by Crippen LogP contribution is -2.52. The van der Waals surface area contributed by atoms with Crippen molar-refractivity contribution >= 4 is 40.8 Å². The van der Waals surface area contributed by atoms with Gasteiger partial charge in [-0.05, 0) is 92.6 Å². The van der Waals surface area contributed by atoms with Gasteiger partial charge >= 0.3 is 18.6 Å². The Morgan fingerprint density at radius 2 is 1.77 bits per heavy atom. The first-order valence-corrected chi connectivity index (χ1v) is 18.2. The van der Waals surface area contributed by atoms with Crippen molar-refractivity contribution in [2.75, 3.05) is 31.6 Å². The van der Waals surface area contributed by atoms with Gasteiger partial charge in [-0.2, -0.15) is 13.5 Å². The van der Waals surface area contributed by atoms with Crippen LogP contribution in [0.3, 0.4) is 0 Å². The summed E-state index contributed by atoms with van der Waals surface area (Å²) in [6, 6.07) is 11.5. The molecule has 1 N–H and O–H groups in total. The summed E-state index contributed by atoms with van der Waals surface area (Å²) in [5.41, 5.74) is 1.83. The van der Waals surface area contributed by atoms with Crippen LogP contribution in [0.15, 0.2) is 77.9 Å². The number of esters is 2. The maximum Gasteiger partial charge on any atom is 0.387 e. The van der Waals surface area contributed by atoms with Crippen LogP contribution >= 0.6 is 23.2 Å². The number of benzene rings is 2. The molecule has 2 aromatic carbocycles. The number of anilines is 1. The number of nitrogens with one attached hydrogen (secondary N) is 1. The van der Waals surface area contributed by atoms with Crippen LogP contribution in [-0.4, -0.2) is 55.8 Å². The van der Waals surface area contributed by atoms with Crippen LogP contribution in [0.4, 0.5) is 14.5 Å². The molecule has 1 aliphatic carbocycles. The van der Waals surface area contributed by atoms with E-state index in [9.17, 15) is 23.6 Å². The van der Waals surface area contributed by atoms with Gasteiger partial charge in [0, 0.05) is 29.8 Å². The molecule has 3 aliphatic heterocycles. The van der Waals surface area contributed by atoms with Gasteiger partial charge in [0.15, 0.2) is 29.9 Å². The highest BCUT2D eigenvalue weighted by Gasteiger charge is 2.38.